The minimum Gasteiger partial charge on any atom is -0.342 e. The third-order valence-electron chi connectivity index (χ3n) is 9.04. The Morgan fingerprint density at radius 2 is 1.89 bits per heavy atom. The molecule has 0 radical (unpaired) electrons. The third kappa shape index (κ3) is 4.72. The number of carbonyl (C=O) groups is 2. The summed E-state index contributed by atoms with van der Waals surface area (Å²) in [5.41, 5.74) is 2.52. The van der Waals surface area contributed by atoms with Gasteiger partial charge in [0.25, 0.3) is 5.91 Å². The van der Waals surface area contributed by atoms with Crippen LogP contribution in [-0.2, 0) is 36.0 Å². The number of hydrogen-bond donors (Lipinski definition) is 2. The van der Waals surface area contributed by atoms with Gasteiger partial charge in [-0.15, -0.1) is 0 Å². The van der Waals surface area contributed by atoms with E-state index >= 15 is 0 Å². The van der Waals surface area contributed by atoms with Crippen molar-refractivity contribution >= 4 is 17.6 Å². The van der Waals surface area contributed by atoms with Crippen molar-refractivity contribution in [3.63, 3.8) is 0 Å². The van der Waals surface area contributed by atoms with E-state index in [0.29, 0.717) is 35.7 Å². The highest BCUT2D eigenvalue weighted by atomic mass is 19.4. The second-order valence-corrected chi connectivity index (χ2v) is 11.7. The Balaban J connectivity index is 1.17. The third-order valence-corrected chi connectivity index (χ3v) is 9.04. The SMILES string of the molecule is O=C(N[C@H]1C[C@@H](c2cccc(F)c2F)Cn2c(CCC(F)(F)F)cnc21)c1ccc2c(c1)C[C@@]1(C2)C(=O)Nc2ncccc21. The molecular formula is C32H26F5N5O2. The zero-order chi connectivity index (χ0) is 30.8. The summed E-state index contributed by atoms with van der Waals surface area (Å²) in [6.07, 6.45) is -1.80. The fourth-order valence-corrected chi connectivity index (χ4v) is 6.90. The highest BCUT2D eigenvalue weighted by Gasteiger charge is 2.51. The van der Waals surface area contributed by atoms with Gasteiger partial charge in [-0.05, 0) is 66.6 Å². The first-order valence-corrected chi connectivity index (χ1v) is 14.3. The van der Waals surface area contributed by atoms with Crippen LogP contribution in [-0.4, -0.2) is 32.5 Å². The highest BCUT2D eigenvalue weighted by Crippen LogP contribution is 2.47. The summed E-state index contributed by atoms with van der Waals surface area (Å²) in [6, 6.07) is 12.0. The summed E-state index contributed by atoms with van der Waals surface area (Å²) in [5.74, 6) is -2.38. The van der Waals surface area contributed by atoms with Gasteiger partial charge >= 0.3 is 6.18 Å². The number of amides is 2. The first-order valence-electron chi connectivity index (χ1n) is 14.3. The van der Waals surface area contributed by atoms with E-state index in [1.807, 2.05) is 12.1 Å². The maximum Gasteiger partial charge on any atom is 0.389 e. The number of pyridine rings is 1. The number of fused-ring (bicyclic) bond motifs is 4. The molecule has 4 aromatic rings. The summed E-state index contributed by atoms with van der Waals surface area (Å²) in [6.45, 7) is 0.0919. The Labute approximate surface area is 248 Å². The average Bonchev–Trinajstić information content (AvgIpc) is 3.66. The van der Waals surface area contributed by atoms with E-state index < -0.39 is 47.5 Å². The van der Waals surface area contributed by atoms with Gasteiger partial charge in [0, 0.05) is 48.1 Å². The number of hydrogen-bond acceptors (Lipinski definition) is 4. The molecule has 2 aromatic carbocycles. The normalized spacial score (nSPS) is 22.0. The smallest absolute Gasteiger partial charge is 0.342 e. The van der Waals surface area contributed by atoms with Crippen LogP contribution in [0.4, 0.5) is 27.8 Å². The largest absolute Gasteiger partial charge is 0.389 e. The van der Waals surface area contributed by atoms with Crippen LogP contribution in [0.3, 0.4) is 0 Å². The van der Waals surface area contributed by atoms with Gasteiger partial charge in [-0.3, -0.25) is 9.59 Å². The number of anilines is 1. The van der Waals surface area contributed by atoms with E-state index in [1.165, 1.54) is 18.3 Å². The van der Waals surface area contributed by atoms with Crippen LogP contribution in [0.2, 0.25) is 0 Å². The van der Waals surface area contributed by atoms with E-state index in [1.54, 1.807) is 29.0 Å². The van der Waals surface area contributed by atoms with Crippen molar-refractivity contribution in [3.05, 3.63) is 112 Å². The number of alkyl halides is 3. The molecule has 7 rings (SSSR count). The summed E-state index contributed by atoms with van der Waals surface area (Å²) in [5, 5.41) is 5.80. The van der Waals surface area contributed by atoms with Crippen molar-refractivity contribution in [1.82, 2.24) is 19.9 Å². The molecule has 2 amide bonds. The molecule has 1 aliphatic carbocycles. The fourth-order valence-electron chi connectivity index (χ4n) is 6.90. The number of aromatic nitrogens is 3. The van der Waals surface area contributed by atoms with Crippen molar-refractivity contribution in [1.29, 1.82) is 0 Å². The maximum atomic E-state index is 14.9. The first-order chi connectivity index (χ1) is 21.0. The Morgan fingerprint density at radius 1 is 1.07 bits per heavy atom. The number of halogens is 5. The molecule has 44 heavy (non-hydrogen) atoms. The monoisotopic (exact) mass is 607 g/mol. The molecule has 3 aliphatic rings. The second kappa shape index (κ2) is 10.2. The molecule has 0 bridgehead atoms. The first kappa shape index (κ1) is 28.2. The zero-order valence-electron chi connectivity index (χ0n) is 23.2. The minimum absolute atomic E-state index is 0.0813. The van der Waals surface area contributed by atoms with Crippen LogP contribution >= 0.6 is 0 Å². The Hall–Kier alpha value is -4.61. The molecule has 0 unspecified atom stereocenters. The lowest BCUT2D eigenvalue weighted by Crippen LogP contribution is -2.36. The van der Waals surface area contributed by atoms with Gasteiger partial charge in [0.15, 0.2) is 11.6 Å². The standard InChI is InChI=1S/C32H26F5N5O2/c33-24-5-1-3-22(26(24)34)20-12-25(28-39-15-21(42(28)16-20)8-9-32(35,36)37)40-29(43)17-6-7-18-13-31(14-19(18)11-17)23-4-2-10-38-27(23)41-30(31)44/h1-7,10-11,15,20,25H,8-9,12-14,16H2,(H,40,43)(H,38,41,44)/t20-,25+,31-/m1/s1. The Bertz CT molecular complexity index is 1820. The van der Waals surface area contributed by atoms with Crippen LogP contribution in [0.15, 0.2) is 60.9 Å². The summed E-state index contributed by atoms with van der Waals surface area (Å²) in [4.78, 5) is 35.3. The van der Waals surface area contributed by atoms with Crippen molar-refractivity contribution < 1.29 is 31.5 Å². The highest BCUT2D eigenvalue weighted by molar-refractivity contribution is 6.06. The van der Waals surface area contributed by atoms with Crippen molar-refractivity contribution in [3.8, 4) is 0 Å². The molecule has 0 saturated heterocycles. The molecular weight excluding hydrogens is 581 g/mol. The number of nitrogens with zero attached hydrogens (tertiary/aromatic N) is 3. The molecule has 1 spiro atoms. The number of benzene rings is 2. The summed E-state index contributed by atoms with van der Waals surface area (Å²) < 4.78 is 69.7. The lowest BCUT2D eigenvalue weighted by atomic mass is 9.79. The van der Waals surface area contributed by atoms with E-state index in [4.69, 9.17) is 0 Å². The van der Waals surface area contributed by atoms with Gasteiger partial charge in [0.05, 0.1) is 11.5 Å². The molecule has 226 valence electrons. The maximum absolute atomic E-state index is 14.9. The minimum atomic E-state index is -4.38. The number of imidazole rings is 1. The van der Waals surface area contributed by atoms with Crippen LogP contribution in [0.1, 0.15) is 68.9 Å². The molecule has 2 aliphatic heterocycles. The van der Waals surface area contributed by atoms with Crippen LogP contribution in [0, 0.1) is 11.6 Å². The zero-order valence-corrected chi connectivity index (χ0v) is 23.2. The number of aryl methyl sites for hydroxylation is 1. The predicted octanol–water partition coefficient (Wildman–Crippen LogP) is 5.70. The second-order valence-electron chi connectivity index (χ2n) is 11.7. The van der Waals surface area contributed by atoms with Gasteiger partial charge in [0.2, 0.25) is 5.91 Å². The van der Waals surface area contributed by atoms with E-state index in [-0.39, 0.29) is 30.9 Å². The predicted molar refractivity (Wildman–Crippen MR) is 149 cm³/mol. The number of rotatable bonds is 5. The van der Waals surface area contributed by atoms with Gasteiger partial charge in [-0.25, -0.2) is 18.7 Å². The van der Waals surface area contributed by atoms with E-state index in [2.05, 4.69) is 20.6 Å². The average molecular weight is 608 g/mol. The molecule has 0 fully saturated rings. The topological polar surface area (TPSA) is 88.9 Å². The molecule has 2 N–H and O–H groups in total. The van der Waals surface area contributed by atoms with Gasteiger partial charge in [-0.2, -0.15) is 13.2 Å². The van der Waals surface area contributed by atoms with Gasteiger partial charge < -0.3 is 15.2 Å². The molecule has 7 nitrogen and oxygen atoms in total. The van der Waals surface area contributed by atoms with Crippen molar-refractivity contribution in [2.45, 2.75) is 62.2 Å². The van der Waals surface area contributed by atoms with E-state index in [0.717, 1.165) is 22.8 Å². The number of nitrogens with one attached hydrogen (secondary N) is 2. The lowest BCUT2D eigenvalue weighted by Gasteiger charge is -2.32. The fraction of sp³-hybridized carbons (Fsp3) is 0.312. The van der Waals surface area contributed by atoms with E-state index in [9.17, 15) is 31.5 Å². The van der Waals surface area contributed by atoms with Gasteiger partial charge in [0.1, 0.15) is 11.6 Å². The Kier molecular flexibility index (Phi) is 6.56. The van der Waals surface area contributed by atoms with Gasteiger partial charge in [-0.1, -0.05) is 24.3 Å². The van der Waals surface area contributed by atoms with Crippen LogP contribution in [0.5, 0.6) is 0 Å². The quantitative estimate of drug-likeness (QED) is 0.285. The summed E-state index contributed by atoms with van der Waals surface area (Å²) in [7, 11) is 0. The van der Waals surface area contributed by atoms with Crippen molar-refractivity contribution in [2.24, 2.45) is 0 Å². The van der Waals surface area contributed by atoms with Crippen LogP contribution < -0.4 is 10.6 Å². The lowest BCUT2D eigenvalue weighted by molar-refractivity contribution is -0.134. The summed E-state index contributed by atoms with van der Waals surface area (Å²) >= 11 is 0. The van der Waals surface area contributed by atoms with Crippen molar-refractivity contribution in [2.75, 3.05) is 5.32 Å². The molecule has 2 aromatic heterocycles. The number of carbonyl (C=O) groups excluding carboxylic acids is 2. The molecule has 3 atom stereocenters. The molecule has 12 heteroatoms. The molecule has 0 saturated carbocycles. The Morgan fingerprint density at radius 3 is 2.70 bits per heavy atom. The van der Waals surface area contributed by atoms with Crippen LogP contribution in [0.25, 0.3) is 0 Å². The molecule has 4 heterocycles.